The maximum Gasteiger partial charge on any atom is 0.270 e. The van der Waals surface area contributed by atoms with Gasteiger partial charge in [-0.3, -0.25) is 9.89 Å². The first kappa shape index (κ1) is 15.1. The maximum atomic E-state index is 12.4. The molecule has 18 heavy (non-hydrogen) atoms. The minimum atomic E-state index is -0.164. The molecule has 104 valence electrons. The van der Waals surface area contributed by atoms with E-state index in [1.165, 1.54) is 0 Å². The zero-order chi connectivity index (χ0) is 13.8. The fraction of sp³-hybridized carbons (Fsp3) is 0.800. The van der Waals surface area contributed by atoms with Crippen LogP contribution in [-0.4, -0.2) is 9.78 Å². The van der Waals surface area contributed by atoms with Crippen LogP contribution in [0.5, 0.6) is 0 Å². The highest BCUT2D eigenvalue weighted by molar-refractivity contribution is 5.18. The van der Waals surface area contributed by atoms with Gasteiger partial charge >= 0.3 is 0 Å². The largest absolute Gasteiger partial charge is 0.299 e. The molecule has 0 aromatic carbocycles. The van der Waals surface area contributed by atoms with E-state index in [1.54, 1.807) is 4.68 Å². The summed E-state index contributed by atoms with van der Waals surface area (Å²) in [6, 6.07) is 0. The van der Waals surface area contributed by atoms with Crippen LogP contribution >= 0.6 is 0 Å². The first-order valence-corrected chi connectivity index (χ1v) is 7.25. The quantitative estimate of drug-likeness (QED) is 0.825. The predicted molar refractivity (Wildman–Crippen MR) is 77.3 cm³/mol. The average Bonchev–Trinajstić information content (AvgIpc) is 2.60. The van der Waals surface area contributed by atoms with Gasteiger partial charge in [0.05, 0.1) is 5.54 Å². The number of aryl methyl sites for hydroxylation is 1. The normalized spacial score (nSPS) is 12.1. The Morgan fingerprint density at radius 2 is 1.61 bits per heavy atom. The molecule has 1 heterocycles. The summed E-state index contributed by atoms with van der Waals surface area (Å²) in [6.45, 7) is 10.6. The van der Waals surface area contributed by atoms with Crippen molar-refractivity contribution >= 4 is 0 Å². The summed E-state index contributed by atoms with van der Waals surface area (Å²) in [7, 11) is 0. The van der Waals surface area contributed by atoms with Gasteiger partial charge in [-0.05, 0) is 46.5 Å². The Labute approximate surface area is 111 Å². The predicted octanol–water partition coefficient (Wildman–Crippen LogP) is 3.62. The molecule has 1 rings (SSSR count). The smallest absolute Gasteiger partial charge is 0.270 e. The van der Waals surface area contributed by atoms with E-state index in [2.05, 4.69) is 39.7 Å². The second kappa shape index (κ2) is 6.26. The van der Waals surface area contributed by atoms with Crippen molar-refractivity contribution in [3.63, 3.8) is 0 Å². The van der Waals surface area contributed by atoms with Gasteiger partial charge in [0.2, 0.25) is 0 Å². The van der Waals surface area contributed by atoms with E-state index in [0.29, 0.717) is 0 Å². The maximum absolute atomic E-state index is 12.4. The third kappa shape index (κ3) is 3.50. The summed E-state index contributed by atoms with van der Waals surface area (Å²) in [5.74, 6) is 0. The summed E-state index contributed by atoms with van der Waals surface area (Å²) in [5, 5.41) is 3.34. The van der Waals surface area contributed by atoms with Gasteiger partial charge < -0.3 is 0 Å². The van der Waals surface area contributed by atoms with Crippen LogP contribution in [-0.2, 0) is 18.4 Å². The number of nitrogens with zero attached hydrogens (tertiary/aromatic N) is 1. The molecular weight excluding hydrogens is 224 g/mol. The molecule has 0 bridgehead atoms. The molecular formula is C15H28N2O. The highest BCUT2D eigenvalue weighted by Gasteiger charge is 2.21. The van der Waals surface area contributed by atoms with Gasteiger partial charge in [0, 0.05) is 11.3 Å². The fourth-order valence-corrected chi connectivity index (χ4v) is 2.16. The molecule has 0 fully saturated rings. The minimum Gasteiger partial charge on any atom is -0.299 e. The SMILES string of the molecule is CCCCc1[nH]n(C(C)(C)C)c(=O)c1CCCC. The standard InChI is InChI=1S/C15H28N2O/c1-6-8-10-12-13(11-9-7-2)16-17(14(12)18)15(3,4)5/h16H,6-11H2,1-5H3. The van der Waals surface area contributed by atoms with E-state index < -0.39 is 0 Å². The first-order valence-electron chi connectivity index (χ1n) is 7.25. The van der Waals surface area contributed by atoms with Crippen molar-refractivity contribution in [2.24, 2.45) is 0 Å². The zero-order valence-corrected chi connectivity index (χ0v) is 12.6. The van der Waals surface area contributed by atoms with Gasteiger partial charge in [-0.2, -0.15) is 0 Å². The number of unbranched alkanes of at least 4 members (excludes halogenated alkanes) is 2. The lowest BCUT2D eigenvalue weighted by Crippen LogP contribution is -2.33. The monoisotopic (exact) mass is 252 g/mol. The fourth-order valence-electron chi connectivity index (χ4n) is 2.16. The van der Waals surface area contributed by atoms with Crippen molar-refractivity contribution < 1.29 is 0 Å². The van der Waals surface area contributed by atoms with Crippen molar-refractivity contribution in [1.82, 2.24) is 9.78 Å². The molecule has 0 atom stereocenters. The lowest BCUT2D eigenvalue weighted by molar-refractivity contribution is 0.343. The number of rotatable bonds is 6. The number of hydrogen-bond donors (Lipinski definition) is 1. The van der Waals surface area contributed by atoms with E-state index in [-0.39, 0.29) is 11.1 Å². The van der Waals surface area contributed by atoms with Gasteiger partial charge in [-0.15, -0.1) is 0 Å². The van der Waals surface area contributed by atoms with E-state index in [0.717, 1.165) is 49.8 Å². The third-order valence-electron chi connectivity index (χ3n) is 3.30. The summed E-state index contributed by atoms with van der Waals surface area (Å²) in [6.07, 6.45) is 6.44. The summed E-state index contributed by atoms with van der Waals surface area (Å²) < 4.78 is 1.79. The number of H-pyrrole nitrogens is 1. The van der Waals surface area contributed by atoms with Crippen molar-refractivity contribution in [2.45, 2.75) is 78.7 Å². The van der Waals surface area contributed by atoms with Crippen LogP contribution in [0.3, 0.4) is 0 Å². The second-order valence-corrected chi connectivity index (χ2v) is 6.09. The molecule has 0 radical (unpaired) electrons. The van der Waals surface area contributed by atoms with E-state index in [1.807, 2.05) is 0 Å². The molecule has 0 saturated heterocycles. The van der Waals surface area contributed by atoms with Gasteiger partial charge in [-0.25, -0.2) is 4.68 Å². The van der Waals surface area contributed by atoms with Crippen LogP contribution in [0.4, 0.5) is 0 Å². The van der Waals surface area contributed by atoms with E-state index in [4.69, 9.17) is 0 Å². The van der Waals surface area contributed by atoms with Crippen molar-refractivity contribution in [3.05, 3.63) is 21.6 Å². The van der Waals surface area contributed by atoms with Crippen molar-refractivity contribution in [1.29, 1.82) is 0 Å². The van der Waals surface area contributed by atoms with Gasteiger partial charge in [-0.1, -0.05) is 26.7 Å². The Bertz CT molecular complexity index is 421. The molecule has 0 spiro atoms. The van der Waals surface area contributed by atoms with Crippen LogP contribution in [0.25, 0.3) is 0 Å². The molecule has 1 aromatic rings. The highest BCUT2D eigenvalue weighted by Crippen LogP contribution is 2.15. The number of nitrogens with one attached hydrogen (secondary N) is 1. The number of hydrogen-bond acceptors (Lipinski definition) is 1. The molecule has 0 unspecified atom stereocenters. The number of aromatic amines is 1. The van der Waals surface area contributed by atoms with Gasteiger partial charge in [0.15, 0.2) is 0 Å². The van der Waals surface area contributed by atoms with E-state index >= 15 is 0 Å². The Morgan fingerprint density at radius 1 is 1.06 bits per heavy atom. The van der Waals surface area contributed by atoms with Crippen molar-refractivity contribution in [2.75, 3.05) is 0 Å². The summed E-state index contributed by atoms with van der Waals surface area (Å²) >= 11 is 0. The lowest BCUT2D eigenvalue weighted by Gasteiger charge is -2.19. The van der Waals surface area contributed by atoms with Crippen LogP contribution in [0.15, 0.2) is 4.79 Å². The molecule has 1 aromatic heterocycles. The lowest BCUT2D eigenvalue weighted by atomic mass is 10.1. The van der Waals surface area contributed by atoms with Gasteiger partial charge in [0.25, 0.3) is 5.56 Å². The van der Waals surface area contributed by atoms with Crippen molar-refractivity contribution in [3.8, 4) is 0 Å². The molecule has 0 aliphatic rings. The zero-order valence-electron chi connectivity index (χ0n) is 12.6. The Hall–Kier alpha value is -0.990. The summed E-state index contributed by atoms with van der Waals surface area (Å²) in [5.41, 5.74) is 2.19. The molecule has 0 amide bonds. The Balaban J connectivity index is 3.10. The first-order chi connectivity index (χ1) is 8.41. The average molecular weight is 252 g/mol. The molecule has 0 aliphatic carbocycles. The van der Waals surface area contributed by atoms with Crippen LogP contribution in [0.2, 0.25) is 0 Å². The van der Waals surface area contributed by atoms with Gasteiger partial charge in [0.1, 0.15) is 0 Å². The molecule has 0 aliphatic heterocycles. The second-order valence-electron chi connectivity index (χ2n) is 6.09. The number of aromatic nitrogens is 2. The molecule has 3 nitrogen and oxygen atoms in total. The Kier molecular flexibility index (Phi) is 5.24. The Morgan fingerprint density at radius 3 is 2.11 bits per heavy atom. The molecule has 0 saturated carbocycles. The van der Waals surface area contributed by atoms with Crippen LogP contribution < -0.4 is 5.56 Å². The van der Waals surface area contributed by atoms with Crippen LogP contribution in [0.1, 0.15) is 71.6 Å². The third-order valence-corrected chi connectivity index (χ3v) is 3.30. The molecule has 1 N–H and O–H groups in total. The molecule has 3 heteroatoms. The summed E-state index contributed by atoms with van der Waals surface area (Å²) in [4.78, 5) is 12.4. The van der Waals surface area contributed by atoms with E-state index in [9.17, 15) is 4.79 Å². The minimum absolute atomic E-state index is 0.164. The van der Waals surface area contributed by atoms with Crippen LogP contribution in [0, 0.1) is 0 Å². The highest BCUT2D eigenvalue weighted by atomic mass is 16.1. The topological polar surface area (TPSA) is 37.8 Å².